The summed E-state index contributed by atoms with van der Waals surface area (Å²) in [5.74, 6) is -0.203. The van der Waals surface area contributed by atoms with Gasteiger partial charge in [0.15, 0.2) is 0 Å². The number of nitrogens with one attached hydrogen (secondary N) is 1. The van der Waals surface area contributed by atoms with Gasteiger partial charge < -0.3 is 0 Å². The van der Waals surface area contributed by atoms with Crippen LogP contribution in [0.1, 0.15) is 38.8 Å². The predicted octanol–water partition coefficient (Wildman–Crippen LogP) is 4.42. The minimum atomic E-state index is -3.47. The standard InChI is InChI=1S/C22H21N3O3S2/c1-15-9-11-16(12-10-15)19-14-20(25(23-19)22(26)21-8-5-13-29-21)17-6-3-4-7-18(17)24-30(2,27)28/h3-13,20,24H,14H2,1-2H3/t20-/m1/s1. The van der Waals surface area contributed by atoms with Crippen LogP contribution in [0.25, 0.3) is 0 Å². The molecule has 8 heteroatoms. The van der Waals surface area contributed by atoms with E-state index in [4.69, 9.17) is 0 Å². The number of thiophene rings is 1. The summed E-state index contributed by atoms with van der Waals surface area (Å²) >= 11 is 1.36. The number of para-hydroxylation sites is 1. The molecule has 1 aliphatic heterocycles. The van der Waals surface area contributed by atoms with Crippen LogP contribution in [0.2, 0.25) is 0 Å². The second-order valence-corrected chi connectivity index (χ2v) is 9.92. The number of benzene rings is 2. The average molecular weight is 440 g/mol. The molecule has 6 nitrogen and oxygen atoms in total. The number of amides is 1. The van der Waals surface area contributed by atoms with Crippen LogP contribution in [0.3, 0.4) is 0 Å². The van der Waals surface area contributed by atoms with Crippen molar-refractivity contribution in [2.24, 2.45) is 5.10 Å². The van der Waals surface area contributed by atoms with Gasteiger partial charge in [0.25, 0.3) is 5.91 Å². The first-order valence-corrected chi connectivity index (χ1v) is 12.2. The molecule has 0 spiro atoms. The summed E-state index contributed by atoms with van der Waals surface area (Å²) in [6.07, 6.45) is 1.60. The molecule has 0 saturated heterocycles. The van der Waals surface area contributed by atoms with E-state index >= 15 is 0 Å². The van der Waals surface area contributed by atoms with Crippen molar-refractivity contribution in [2.45, 2.75) is 19.4 Å². The first-order valence-electron chi connectivity index (χ1n) is 9.40. The SMILES string of the molecule is Cc1ccc(C2=NN(C(=O)c3cccs3)[C@@H](c3ccccc3NS(C)(=O)=O)C2)cc1. The first-order chi connectivity index (χ1) is 14.3. The monoisotopic (exact) mass is 439 g/mol. The van der Waals surface area contributed by atoms with Crippen LogP contribution in [0, 0.1) is 6.92 Å². The molecule has 0 aliphatic carbocycles. The van der Waals surface area contributed by atoms with Gasteiger partial charge in [-0.25, -0.2) is 13.4 Å². The summed E-state index contributed by atoms with van der Waals surface area (Å²) in [6.45, 7) is 2.02. The van der Waals surface area contributed by atoms with E-state index in [1.165, 1.54) is 16.3 Å². The highest BCUT2D eigenvalue weighted by atomic mass is 32.2. The van der Waals surface area contributed by atoms with Gasteiger partial charge in [-0.05, 0) is 30.0 Å². The van der Waals surface area contributed by atoms with E-state index in [-0.39, 0.29) is 5.91 Å². The van der Waals surface area contributed by atoms with Crippen molar-refractivity contribution < 1.29 is 13.2 Å². The van der Waals surface area contributed by atoms with Crippen molar-refractivity contribution in [2.75, 3.05) is 11.0 Å². The van der Waals surface area contributed by atoms with E-state index in [0.717, 1.165) is 23.1 Å². The molecule has 1 amide bonds. The lowest BCUT2D eigenvalue weighted by atomic mass is 9.97. The van der Waals surface area contributed by atoms with Gasteiger partial charge in [-0.3, -0.25) is 9.52 Å². The highest BCUT2D eigenvalue weighted by molar-refractivity contribution is 7.92. The number of carbonyl (C=O) groups is 1. The van der Waals surface area contributed by atoms with Crippen molar-refractivity contribution in [1.82, 2.24) is 5.01 Å². The number of aryl methyl sites for hydroxylation is 1. The topological polar surface area (TPSA) is 78.8 Å². The van der Waals surface area contributed by atoms with Gasteiger partial charge in [-0.1, -0.05) is 54.1 Å². The summed E-state index contributed by atoms with van der Waals surface area (Å²) in [5.41, 5.74) is 4.04. The molecule has 0 fully saturated rings. The first kappa shape index (κ1) is 20.3. The number of carbonyl (C=O) groups excluding carboxylic acids is 1. The Hall–Kier alpha value is -2.97. The zero-order valence-electron chi connectivity index (χ0n) is 16.6. The zero-order valence-corrected chi connectivity index (χ0v) is 18.2. The van der Waals surface area contributed by atoms with Crippen molar-refractivity contribution >= 4 is 38.7 Å². The molecule has 0 unspecified atom stereocenters. The number of anilines is 1. The molecule has 2 heterocycles. The van der Waals surface area contributed by atoms with E-state index in [9.17, 15) is 13.2 Å². The maximum atomic E-state index is 13.2. The van der Waals surface area contributed by atoms with Gasteiger partial charge in [0.05, 0.1) is 28.6 Å². The van der Waals surface area contributed by atoms with Crippen LogP contribution in [0.4, 0.5) is 5.69 Å². The van der Waals surface area contributed by atoms with Crippen LogP contribution in [-0.4, -0.2) is 31.3 Å². The smallest absolute Gasteiger partial charge is 0.283 e. The number of nitrogens with zero attached hydrogens (tertiary/aromatic N) is 2. The summed E-state index contributed by atoms with van der Waals surface area (Å²) in [6, 6.07) is 18.3. The fourth-order valence-electron chi connectivity index (χ4n) is 3.45. The molecule has 1 atom stereocenters. The second kappa shape index (κ2) is 8.04. The van der Waals surface area contributed by atoms with Crippen molar-refractivity contribution in [3.05, 3.63) is 87.6 Å². The lowest BCUT2D eigenvalue weighted by Crippen LogP contribution is -2.27. The molecule has 0 saturated carbocycles. The number of sulfonamides is 1. The number of hydrazone groups is 1. The zero-order chi connectivity index (χ0) is 21.3. The molecule has 0 radical (unpaired) electrons. The minimum Gasteiger partial charge on any atom is -0.283 e. The van der Waals surface area contributed by atoms with Gasteiger partial charge in [0.2, 0.25) is 10.0 Å². The van der Waals surface area contributed by atoms with Crippen molar-refractivity contribution in [1.29, 1.82) is 0 Å². The summed E-state index contributed by atoms with van der Waals surface area (Å²) < 4.78 is 26.3. The third-order valence-electron chi connectivity index (χ3n) is 4.85. The fourth-order valence-corrected chi connectivity index (χ4v) is 4.69. The Morgan fingerprint density at radius 3 is 2.50 bits per heavy atom. The van der Waals surface area contributed by atoms with Crippen LogP contribution in [-0.2, 0) is 10.0 Å². The van der Waals surface area contributed by atoms with Gasteiger partial charge in [0, 0.05) is 12.0 Å². The third kappa shape index (κ3) is 4.29. The minimum absolute atomic E-state index is 0.203. The Morgan fingerprint density at radius 2 is 1.83 bits per heavy atom. The average Bonchev–Trinajstić information content (AvgIpc) is 3.38. The van der Waals surface area contributed by atoms with E-state index in [1.54, 1.807) is 18.2 Å². The number of rotatable bonds is 5. The largest absolute Gasteiger partial charge is 0.284 e. The summed E-state index contributed by atoms with van der Waals surface area (Å²) in [7, 11) is -3.47. The summed E-state index contributed by atoms with van der Waals surface area (Å²) in [5, 5.41) is 7.99. The molecule has 1 aromatic heterocycles. The van der Waals surface area contributed by atoms with Gasteiger partial charge in [0.1, 0.15) is 0 Å². The number of hydrogen-bond donors (Lipinski definition) is 1. The highest BCUT2D eigenvalue weighted by Crippen LogP contribution is 2.38. The molecule has 0 bridgehead atoms. The molecule has 3 aromatic rings. The Bertz CT molecular complexity index is 1200. The molecular formula is C22H21N3O3S2. The molecule has 1 aliphatic rings. The van der Waals surface area contributed by atoms with Gasteiger partial charge >= 0.3 is 0 Å². The lowest BCUT2D eigenvalue weighted by molar-refractivity contribution is 0.0717. The lowest BCUT2D eigenvalue weighted by Gasteiger charge is -2.23. The van der Waals surface area contributed by atoms with Crippen LogP contribution in [0.5, 0.6) is 0 Å². The number of hydrogen-bond acceptors (Lipinski definition) is 5. The maximum absolute atomic E-state index is 13.2. The Labute approximate surface area is 179 Å². The highest BCUT2D eigenvalue weighted by Gasteiger charge is 2.35. The third-order valence-corrected chi connectivity index (χ3v) is 6.30. The molecule has 4 rings (SSSR count). The van der Waals surface area contributed by atoms with Crippen LogP contribution >= 0.6 is 11.3 Å². The maximum Gasteiger partial charge on any atom is 0.284 e. The molecular weight excluding hydrogens is 418 g/mol. The van der Waals surface area contributed by atoms with E-state index < -0.39 is 16.1 Å². The van der Waals surface area contributed by atoms with Crippen LogP contribution in [0.15, 0.2) is 71.1 Å². The van der Waals surface area contributed by atoms with Crippen molar-refractivity contribution in [3.8, 4) is 0 Å². The normalized spacial score (nSPS) is 16.4. The van der Waals surface area contributed by atoms with Gasteiger partial charge in [-0.2, -0.15) is 5.10 Å². The predicted molar refractivity (Wildman–Crippen MR) is 120 cm³/mol. The second-order valence-electron chi connectivity index (χ2n) is 7.22. The van der Waals surface area contributed by atoms with Crippen molar-refractivity contribution in [3.63, 3.8) is 0 Å². The summed E-state index contributed by atoms with van der Waals surface area (Å²) in [4.78, 5) is 13.8. The quantitative estimate of drug-likeness (QED) is 0.639. The van der Waals surface area contributed by atoms with E-state index in [0.29, 0.717) is 22.5 Å². The fraction of sp³-hybridized carbons (Fsp3) is 0.182. The Morgan fingerprint density at radius 1 is 1.10 bits per heavy atom. The Kier molecular flexibility index (Phi) is 5.44. The van der Waals surface area contributed by atoms with Crippen LogP contribution < -0.4 is 4.72 Å². The molecule has 154 valence electrons. The Balaban J connectivity index is 1.77. The molecule has 30 heavy (non-hydrogen) atoms. The molecule has 1 N–H and O–H groups in total. The molecule has 2 aromatic carbocycles. The van der Waals surface area contributed by atoms with Gasteiger partial charge in [-0.15, -0.1) is 11.3 Å². The van der Waals surface area contributed by atoms with E-state index in [1.807, 2.05) is 54.8 Å². The van der Waals surface area contributed by atoms with E-state index in [2.05, 4.69) is 9.82 Å².